The Bertz CT molecular complexity index is 987. The van der Waals surface area contributed by atoms with Crippen LogP contribution in [0.25, 0.3) is 0 Å². The predicted molar refractivity (Wildman–Crippen MR) is 108 cm³/mol. The summed E-state index contributed by atoms with van der Waals surface area (Å²) in [5.74, 6) is 0.169. The number of rotatable bonds is 2. The van der Waals surface area contributed by atoms with Gasteiger partial charge in [0, 0.05) is 48.7 Å². The molecule has 0 unspecified atom stereocenters. The first-order valence-electron chi connectivity index (χ1n) is 10.6. The van der Waals surface area contributed by atoms with E-state index in [1.165, 1.54) is 5.56 Å². The van der Waals surface area contributed by atoms with E-state index in [0.29, 0.717) is 12.0 Å². The van der Waals surface area contributed by atoms with E-state index in [2.05, 4.69) is 15.2 Å². The van der Waals surface area contributed by atoms with Gasteiger partial charge in [-0.15, -0.1) is 0 Å². The Morgan fingerprint density at radius 3 is 2.76 bits per heavy atom. The van der Waals surface area contributed by atoms with Crippen molar-refractivity contribution in [2.24, 2.45) is 5.92 Å². The molecule has 1 aromatic carbocycles. The van der Waals surface area contributed by atoms with Crippen molar-refractivity contribution >= 4 is 17.5 Å². The minimum Gasteiger partial charge on any atom is -0.341 e. The third-order valence-electron chi connectivity index (χ3n) is 7.44. The van der Waals surface area contributed by atoms with E-state index < -0.39 is 5.54 Å². The molecule has 3 saturated heterocycles. The third kappa shape index (κ3) is 2.23. The van der Waals surface area contributed by atoms with Gasteiger partial charge in [0.25, 0.3) is 0 Å². The van der Waals surface area contributed by atoms with Gasteiger partial charge in [-0.2, -0.15) is 0 Å². The standard InChI is InChI=1S/C23H24N4O2/c28-21(26-13-16(14-26)15-7-9-24-10-8-15)19-12-17-4-3-11-27(17)23(19)18-5-1-2-6-20(18)25-22(23)29/h1-2,5-10,16-17,19H,3-4,11-14H2,(H,25,29)/t17-,19+,23+/m1/s1. The average molecular weight is 388 g/mol. The van der Waals surface area contributed by atoms with Crippen molar-refractivity contribution in [3.8, 4) is 0 Å². The lowest BCUT2D eigenvalue weighted by atomic mass is 9.77. The van der Waals surface area contributed by atoms with Crippen LogP contribution < -0.4 is 5.32 Å². The van der Waals surface area contributed by atoms with Gasteiger partial charge in [-0.25, -0.2) is 0 Å². The molecule has 0 aliphatic carbocycles. The number of likely N-dealkylation sites (tertiary alicyclic amines) is 1. The number of amides is 2. The number of anilines is 1. The number of carbonyl (C=O) groups is 2. The molecule has 0 bridgehead atoms. The molecule has 4 aliphatic heterocycles. The van der Waals surface area contributed by atoms with Crippen molar-refractivity contribution in [1.82, 2.24) is 14.8 Å². The van der Waals surface area contributed by atoms with Gasteiger partial charge in [0.15, 0.2) is 0 Å². The highest BCUT2D eigenvalue weighted by Crippen LogP contribution is 2.56. The Morgan fingerprint density at radius 1 is 1.14 bits per heavy atom. The first-order valence-corrected chi connectivity index (χ1v) is 10.6. The lowest BCUT2D eigenvalue weighted by molar-refractivity contribution is -0.148. The van der Waals surface area contributed by atoms with E-state index >= 15 is 0 Å². The molecule has 1 aromatic heterocycles. The maximum Gasteiger partial charge on any atom is 0.250 e. The molecule has 0 saturated carbocycles. The normalized spacial score (nSPS) is 30.9. The zero-order chi connectivity index (χ0) is 19.6. The Kier molecular flexibility index (Phi) is 3.63. The summed E-state index contributed by atoms with van der Waals surface area (Å²) in [5, 5.41) is 3.08. The fourth-order valence-corrected chi connectivity index (χ4v) is 6.09. The maximum absolute atomic E-state index is 13.7. The second kappa shape index (κ2) is 6.13. The van der Waals surface area contributed by atoms with Gasteiger partial charge in [-0.05, 0) is 49.6 Å². The van der Waals surface area contributed by atoms with Gasteiger partial charge >= 0.3 is 0 Å². The third-order valence-corrected chi connectivity index (χ3v) is 7.44. The number of hydrogen-bond donors (Lipinski definition) is 1. The van der Waals surface area contributed by atoms with Crippen LogP contribution >= 0.6 is 0 Å². The molecule has 1 N–H and O–H groups in total. The van der Waals surface area contributed by atoms with E-state index in [9.17, 15) is 9.59 Å². The second-order valence-corrected chi connectivity index (χ2v) is 8.76. The van der Waals surface area contributed by atoms with E-state index in [4.69, 9.17) is 0 Å². The Labute approximate surface area is 169 Å². The van der Waals surface area contributed by atoms with Gasteiger partial charge < -0.3 is 10.2 Å². The number of hydrogen-bond acceptors (Lipinski definition) is 4. The average Bonchev–Trinajstić information content (AvgIpc) is 3.36. The summed E-state index contributed by atoms with van der Waals surface area (Å²) < 4.78 is 0. The highest BCUT2D eigenvalue weighted by atomic mass is 16.2. The molecule has 1 spiro atoms. The highest BCUT2D eigenvalue weighted by molar-refractivity contribution is 6.09. The van der Waals surface area contributed by atoms with Crippen molar-refractivity contribution in [1.29, 1.82) is 0 Å². The topological polar surface area (TPSA) is 65.5 Å². The molecule has 3 fully saturated rings. The van der Waals surface area contributed by atoms with Crippen LogP contribution in [0.1, 0.15) is 36.3 Å². The molecule has 6 heteroatoms. The highest BCUT2D eigenvalue weighted by Gasteiger charge is 2.66. The molecular formula is C23H24N4O2. The largest absolute Gasteiger partial charge is 0.341 e. The summed E-state index contributed by atoms with van der Waals surface area (Å²) in [6.45, 7) is 2.34. The molecule has 6 rings (SSSR count). The minimum atomic E-state index is -0.837. The van der Waals surface area contributed by atoms with Crippen LogP contribution in [0, 0.1) is 5.92 Å². The van der Waals surface area contributed by atoms with E-state index in [-0.39, 0.29) is 17.7 Å². The van der Waals surface area contributed by atoms with Crippen LogP contribution in [0.15, 0.2) is 48.8 Å². The molecule has 4 aliphatic rings. The molecule has 148 valence electrons. The van der Waals surface area contributed by atoms with Gasteiger partial charge in [-0.1, -0.05) is 18.2 Å². The van der Waals surface area contributed by atoms with Crippen LogP contribution in [0.2, 0.25) is 0 Å². The number of benzene rings is 1. The number of fused-ring (bicyclic) bond motifs is 4. The molecule has 0 radical (unpaired) electrons. The van der Waals surface area contributed by atoms with Gasteiger partial charge in [0.1, 0.15) is 5.54 Å². The smallest absolute Gasteiger partial charge is 0.250 e. The first-order chi connectivity index (χ1) is 14.2. The molecule has 6 nitrogen and oxygen atoms in total. The van der Waals surface area contributed by atoms with E-state index in [0.717, 1.165) is 50.1 Å². The first kappa shape index (κ1) is 17.2. The van der Waals surface area contributed by atoms with Crippen molar-refractivity contribution < 1.29 is 9.59 Å². The maximum atomic E-state index is 13.7. The zero-order valence-corrected chi connectivity index (χ0v) is 16.3. The van der Waals surface area contributed by atoms with Gasteiger partial charge in [0.2, 0.25) is 11.8 Å². The monoisotopic (exact) mass is 388 g/mol. The fraction of sp³-hybridized carbons (Fsp3) is 0.435. The molecule has 3 atom stereocenters. The predicted octanol–water partition coefficient (Wildman–Crippen LogP) is 2.34. The lowest BCUT2D eigenvalue weighted by Gasteiger charge is -2.44. The second-order valence-electron chi connectivity index (χ2n) is 8.76. The van der Waals surface area contributed by atoms with E-state index in [1.54, 1.807) is 12.4 Å². The fourth-order valence-electron chi connectivity index (χ4n) is 6.09. The summed E-state index contributed by atoms with van der Waals surface area (Å²) in [5.41, 5.74) is 2.24. The summed E-state index contributed by atoms with van der Waals surface area (Å²) >= 11 is 0. The number of nitrogens with zero attached hydrogens (tertiary/aromatic N) is 3. The summed E-state index contributed by atoms with van der Waals surface area (Å²) in [4.78, 5) is 35.4. The SMILES string of the molecule is O=C([C@@H]1C[C@H]2CCCN2[C@]12C(=O)Nc1ccccc12)N1CC(c2ccncc2)C1. The number of pyridine rings is 1. The van der Waals surface area contributed by atoms with Crippen molar-refractivity contribution in [3.63, 3.8) is 0 Å². The van der Waals surface area contributed by atoms with Crippen molar-refractivity contribution in [2.45, 2.75) is 36.8 Å². The van der Waals surface area contributed by atoms with Crippen LogP contribution in [-0.4, -0.2) is 52.3 Å². The summed E-state index contributed by atoms with van der Waals surface area (Å²) in [7, 11) is 0. The molecule has 2 amide bonds. The molecule has 5 heterocycles. The van der Waals surface area contributed by atoms with Crippen LogP contribution in [0.5, 0.6) is 0 Å². The van der Waals surface area contributed by atoms with Crippen LogP contribution in [0.3, 0.4) is 0 Å². The number of aromatic nitrogens is 1. The number of para-hydroxylation sites is 1. The van der Waals surface area contributed by atoms with Crippen LogP contribution in [-0.2, 0) is 15.1 Å². The number of carbonyl (C=O) groups excluding carboxylic acids is 2. The summed E-state index contributed by atoms with van der Waals surface area (Å²) in [6.07, 6.45) is 6.55. The van der Waals surface area contributed by atoms with Gasteiger partial charge in [0.05, 0.1) is 5.92 Å². The Balaban J connectivity index is 1.33. The Morgan fingerprint density at radius 2 is 1.93 bits per heavy atom. The minimum absolute atomic E-state index is 0.0207. The molecule has 2 aromatic rings. The molecule has 29 heavy (non-hydrogen) atoms. The quantitative estimate of drug-likeness (QED) is 0.858. The molecular weight excluding hydrogens is 364 g/mol. The summed E-state index contributed by atoms with van der Waals surface area (Å²) in [6, 6.07) is 12.3. The lowest BCUT2D eigenvalue weighted by Crippen LogP contribution is -2.58. The van der Waals surface area contributed by atoms with Crippen LogP contribution in [0.4, 0.5) is 5.69 Å². The Hall–Kier alpha value is -2.73. The van der Waals surface area contributed by atoms with E-state index in [1.807, 2.05) is 41.3 Å². The van der Waals surface area contributed by atoms with Gasteiger partial charge in [-0.3, -0.25) is 19.5 Å². The van der Waals surface area contributed by atoms with Crippen molar-refractivity contribution in [3.05, 3.63) is 59.9 Å². The number of nitrogens with one attached hydrogen (secondary N) is 1. The zero-order valence-electron chi connectivity index (χ0n) is 16.3. The van der Waals surface area contributed by atoms with Crippen molar-refractivity contribution in [2.75, 3.05) is 25.0 Å².